The number of nitrogens with one attached hydrogen (secondary N) is 1. The van der Waals surface area contributed by atoms with Crippen LogP contribution in [0.25, 0.3) is 0 Å². The van der Waals surface area contributed by atoms with Gasteiger partial charge in [0.05, 0.1) is 6.04 Å². The molecule has 1 aliphatic heterocycles. The van der Waals surface area contributed by atoms with Gasteiger partial charge < -0.3 is 15.1 Å². The van der Waals surface area contributed by atoms with Gasteiger partial charge in [-0.3, -0.25) is 0 Å². The normalized spacial score (nSPS) is 20.9. The van der Waals surface area contributed by atoms with Crippen molar-refractivity contribution < 1.29 is 0 Å². The van der Waals surface area contributed by atoms with Crippen LogP contribution in [0.4, 0.5) is 11.6 Å². The van der Waals surface area contributed by atoms with Crippen molar-refractivity contribution >= 4 is 11.6 Å². The molecular weight excluding hydrogens is 322 g/mol. The maximum atomic E-state index is 4.91. The summed E-state index contributed by atoms with van der Waals surface area (Å²) >= 11 is 0. The van der Waals surface area contributed by atoms with Gasteiger partial charge in [-0.25, -0.2) is 9.97 Å². The topological polar surface area (TPSA) is 44.3 Å². The van der Waals surface area contributed by atoms with Crippen molar-refractivity contribution in [3.05, 3.63) is 47.3 Å². The molecule has 1 N–H and O–H groups in total. The molecule has 0 radical (unpaired) electrons. The van der Waals surface area contributed by atoms with Gasteiger partial charge in [0.2, 0.25) is 0 Å². The Balaban J connectivity index is 1.61. The highest BCUT2D eigenvalue weighted by molar-refractivity contribution is 5.57. The fraction of sp³-hybridized carbons (Fsp3) is 0.524. The molecule has 5 nitrogen and oxygen atoms in total. The quantitative estimate of drug-likeness (QED) is 0.861. The Hall–Kier alpha value is -2.14. The largest absolute Gasteiger partial charge is 0.369 e. The van der Waals surface area contributed by atoms with Gasteiger partial charge in [0.25, 0.3) is 0 Å². The van der Waals surface area contributed by atoms with E-state index in [-0.39, 0.29) is 0 Å². The van der Waals surface area contributed by atoms with E-state index in [2.05, 4.69) is 73.4 Å². The number of rotatable bonds is 6. The predicted octanol–water partition coefficient (Wildman–Crippen LogP) is 3.62. The van der Waals surface area contributed by atoms with Gasteiger partial charge in [-0.2, -0.15) is 0 Å². The maximum Gasteiger partial charge on any atom is 0.135 e. The van der Waals surface area contributed by atoms with Crippen LogP contribution in [-0.4, -0.2) is 48.6 Å². The minimum absolute atomic E-state index is 0.316. The molecule has 1 aliphatic carbocycles. The Kier molecular flexibility index (Phi) is 4.57. The molecule has 0 amide bonds. The summed E-state index contributed by atoms with van der Waals surface area (Å²) in [5, 5.41) is 3.48. The number of aromatic nitrogens is 2. The van der Waals surface area contributed by atoms with Crippen molar-refractivity contribution in [1.29, 1.82) is 0 Å². The molecule has 1 fully saturated rings. The van der Waals surface area contributed by atoms with Crippen molar-refractivity contribution in [2.45, 2.75) is 38.1 Å². The van der Waals surface area contributed by atoms with Crippen molar-refractivity contribution in [3.8, 4) is 0 Å². The van der Waals surface area contributed by atoms with Crippen molar-refractivity contribution in [3.63, 3.8) is 0 Å². The number of anilines is 2. The molecule has 138 valence electrons. The molecule has 2 aromatic rings. The highest BCUT2D eigenvalue weighted by Crippen LogP contribution is 2.51. The van der Waals surface area contributed by atoms with Crippen LogP contribution < -0.4 is 10.2 Å². The van der Waals surface area contributed by atoms with E-state index >= 15 is 0 Å². The Morgan fingerprint density at radius 2 is 1.96 bits per heavy atom. The summed E-state index contributed by atoms with van der Waals surface area (Å²) in [4.78, 5) is 14.3. The molecule has 1 saturated heterocycles. The Labute approximate surface area is 156 Å². The van der Waals surface area contributed by atoms with Crippen LogP contribution in [0.1, 0.15) is 55.1 Å². The zero-order valence-electron chi connectivity index (χ0n) is 16.2. The zero-order chi connectivity index (χ0) is 18.3. The number of nitrogens with zero attached hydrogens (tertiary/aromatic N) is 4. The third kappa shape index (κ3) is 3.16. The van der Waals surface area contributed by atoms with Gasteiger partial charge in [0.15, 0.2) is 0 Å². The lowest BCUT2D eigenvalue weighted by atomic mass is 9.99. The van der Waals surface area contributed by atoms with E-state index in [0.717, 1.165) is 37.1 Å². The van der Waals surface area contributed by atoms with E-state index in [0.29, 0.717) is 17.9 Å². The second kappa shape index (κ2) is 6.88. The molecule has 26 heavy (non-hydrogen) atoms. The van der Waals surface area contributed by atoms with E-state index < -0.39 is 0 Å². The number of likely N-dealkylation sites (N-methyl/N-ethyl adjacent to an activating group) is 1. The zero-order valence-corrected chi connectivity index (χ0v) is 16.2. The summed E-state index contributed by atoms with van der Waals surface area (Å²) in [5.74, 6) is 3.89. The summed E-state index contributed by atoms with van der Waals surface area (Å²) in [6.45, 7) is 7.25. The molecule has 2 heterocycles. The van der Waals surface area contributed by atoms with Crippen molar-refractivity contribution in [2.75, 3.05) is 43.9 Å². The monoisotopic (exact) mass is 351 g/mol. The summed E-state index contributed by atoms with van der Waals surface area (Å²) in [5.41, 5.74) is 3.02. The molecule has 0 spiro atoms. The number of fused-ring (bicyclic) bond motifs is 5. The number of benzene rings is 1. The SMILES string of the molecule is CC(C)c1nc(NCCN(C)C)cc(N2C[C@H]3C[C@H]2c2ccccc23)n1. The summed E-state index contributed by atoms with van der Waals surface area (Å²) in [7, 11) is 4.18. The lowest BCUT2D eigenvalue weighted by molar-refractivity contribution is 0.425. The van der Waals surface area contributed by atoms with Crippen LogP contribution >= 0.6 is 0 Å². The second-order valence-electron chi connectivity index (χ2n) is 8.08. The summed E-state index contributed by atoms with van der Waals surface area (Å²) < 4.78 is 0. The van der Waals surface area contributed by atoms with Crippen molar-refractivity contribution in [1.82, 2.24) is 14.9 Å². The lowest BCUT2D eigenvalue weighted by Crippen LogP contribution is -2.28. The van der Waals surface area contributed by atoms with Gasteiger partial charge in [0.1, 0.15) is 17.5 Å². The standard InChI is InChI=1S/C21H29N5/c1-14(2)21-23-19(22-9-10-25(3)4)12-20(24-21)26-13-15-11-18(26)17-8-6-5-7-16(15)17/h5-8,12,14-15,18H,9-11,13H2,1-4H3,(H,22,23,24)/t15-,18+/m1/s1. The first kappa shape index (κ1) is 17.3. The molecule has 1 aromatic carbocycles. The van der Waals surface area contributed by atoms with Crippen LogP contribution in [0, 0.1) is 0 Å². The van der Waals surface area contributed by atoms with E-state index in [9.17, 15) is 0 Å². The van der Waals surface area contributed by atoms with Crippen LogP contribution in [0.5, 0.6) is 0 Å². The smallest absolute Gasteiger partial charge is 0.135 e. The average molecular weight is 351 g/mol. The van der Waals surface area contributed by atoms with Crippen LogP contribution in [0.2, 0.25) is 0 Å². The number of hydrogen-bond donors (Lipinski definition) is 1. The third-order valence-electron chi connectivity index (χ3n) is 5.50. The Bertz CT molecular complexity index is 786. The molecule has 4 rings (SSSR count). The molecule has 0 saturated carbocycles. The number of hydrogen-bond acceptors (Lipinski definition) is 5. The van der Waals surface area contributed by atoms with E-state index in [1.807, 2.05) is 0 Å². The van der Waals surface area contributed by atoms with E-state index in [1.165, 1.54) is 17.5 Å². The Morgan fingerprint density at radius 1 is 1.19 bits per heavy atom. The van der Waals surface area contributed by atoms with Gasteiger partial charge in [-0.1, -0.05) is 38.1 Å². The van der Waals surface area contributed by atoms with E-state index in [4.69, 9.17) is 9.97 Å². The first-order valence-electron chi connectivity index (χ1n) is 9.66. The van der Waals surface area contributed by atoms with Crippen molar-refractivity contribution in [2.24, 2.45) is 0 Å². The Morgan fingerprint density at radius 3 is 2.69 bits per heavy atom. The van der Waals surface area contributed by atoms with Crippen LogP contribution in [0.3, 0.4) is 0 Å². The van der Waals surface area contributed by atoms with Crippen LogP contribution in [0.15, 0.2) is 30.3 Å². The second-order valence-corrected chi connectivity index (χ2v) is 8.08. The fourth-order valence-corrected chi connectivity index (χ4v) is 4.15. The van der Waals surface area contributed by atoms with Gasteiger partial charge in [0, 0.05) is 37.5 Å². The minimum Gasteiger partial charge on any atom is -0.369 e. The average Bonchev–Trinajstić information content (AvgIpc) is 3.21. The maximum absolute atomic E-state index is 4.91. The predicted molar refractivity (Wildman–Crippen MR) is 107 cm³/mol. The van der Waals surface area contributed by atoms with Gasteiger partial charge in [-0.15, -0.1) is 0 Å². The highest BCUT2D eigenvalue weighted by atomic mass is 15.3. The molecule has 0 unspecified atom stereocenters. The summed E-state index contributed by atoms with van der Waals surface area (Å²) in [6, 6.07) is 11.5. The molecule has 1 aromatic heterocycles. The molecular formula is C21H29N5. The minimum atomic E-state index is 0.316. The summed E-state index contributed by atoms with van der Waals surface area (Å²) in [6.07, 6.45) is 1.21. The lowest BCUT2D eigenvalue weighted by Gasteiger charge is -2.30. The first-order chi connectivity index (χ1) is 12.5. The third-order valence-corrected chi connectivity index (χ3v) is 5.50. The first-order valence-corrected chi connectivity index (χ1v) is 9.66. The fourth-order valence-electron chi connectivity index (χ4n) is 4.15. The molecule has 2 atom stereocenters. The van der Waals surface area contributed by atoms with Crippen LogP contribution in [-0.2, 0) is 0 Å². The molecule has 2 aliphatic rings. The molecule has 5 heteroatoms. The highest BCUT2D eigenvalue weighted by Gasteiger charge is 2.42. The van der Waals surface area contributed by atoms with E-state index in [1.54, 1.807) is 0 Å². The van der Waals surface area contributed by atoms with Gasteiger partial charge in [-0.05, 0) is 31.6 Å². The van der Waals surface area contributed by atoms with Gasteiger partial charge >= 0.3 is 0 Å². The molecule has 2 bridgehead atoms.